The maximum atomic E-state index is 12.8. The Morgan fingerprint density at radius 2 is 1.81 bits per heavy atom. The van der Waals surface area contributed by atoms with Crippen LogP contribution in [0, 0.1) is 0 Å². The van der Waals surface area contributed by atoms with E-state index < -0.39 is 0 Å². The maximum absolute atomic E-state index is 12.8. The predicted molar refractivity (Wildman–Crippen MR) is 103 cm³/mol. The van der Waals surface area contributed by atoms with Crippen molar-refractivity contribution in [1.82, 2.24) is 10.3 Å². The van der Waals surface area contributed by atoms with Gasteiger partial charge in [-0.2, -0.15) is 0 Å². The number of anilines is 1. The van der Waals surface area contributed by atoms with Gasteiger partial charge >= 0.3 is 0 Å². The van der Waals surface area contributed by atoms with E-state index in [1.54, 1.807) is 6.20 Å². The molecule has 3 aromatic rings. The Hall–Kier alpha value is -2.92. The zero-order valence-electron chi connectivity index (χ0n) is 15.0. The topological polar surface area (TPSA) is 67.2 Å². The minimum atomic E-state index is -0.300. The monoisotopic (exact) mass is 349 g/mol. The number of nitrogens with one attached hydrogen (secondary N) is 2. The van der Waals surface area contributed by atoms with Crippen LogP contribution in [0.1, 0.15) is 19.4 Å². The highest BCUT2D eigenvalue weighted by Gasteiger charge is 2.19. The van der Waals surface area contributed by atoms with Crippen molar-refractivity contribution < 1.29 is 9.21 Å². The summed E-state index contributed by atoms with van der Waals surface area (Å²) in [7, 11) is 0. The second-order valence-corrected chi connectivity index (χ2v) is 6.50. The van der Waals surface area contributed by atoms with Crippen LogP contribution in [-0.2, 0) is 11.2 Å². The van der Waals surface area contributed by atoms with Crippen LogP contribution < -0.4 is 10.6 Å². The van der Waals surface area contributed by atoms with E-state index in [2.05, 4.69) is 15.6 Å². The van der Waals surface area contributed by atoms with Crippen molar-refractivity contribution in [1.29, 1.82) is 0 Å². The van der Waals surface area contributed by atoms with Crippen molar-refractivity contribution in [2.45, 2.75) is 32.4 Å². The van der Waals surface area contributed by atoms with E-state index in [1.165, 1.54) is 6.39 Å². The summed E-state index contributed by atoms with van der Waals surface area (Å²) in [5.41, 5.74) is 2.80. The molecule has 0 fully saturated rings. The molecule has 2 N–H and O–H groups in total. The van der Waals surface area contributed by atoms with Gasteiger partial charge in [0.25, 0.3) is 0 Å². The number of rotatable bonds is 7. The molecule has 0 spiro atoms. The zero-order chi connectivity index (χ0) is 18.4. The van der Waals surface area contributed by atoms with Crippen molar-refractivity contribution in [2.24, 2.45) is 0 Å². The number of hydrogen-bond donors (Lipinski definition) is 2. The average Bonchev–Trinajstić information content (AvgIpc) is 3.17. The summed E-state index contributed by atoms with van der Waals surface area (Å²) in [5, 5.41) is 6.34. The molecule has 2 aromatic carbocycles. The van der Waals surface area contributed by atoms with Gasteiger partial charge < -0.3 is 15.1 Å². The Kier molecular flexibility index (Phi) is 5.81. The van der Waals surface area contributed by atoms with Gasteiger partial charge in [-0.3, -0.25) is 4.79 Å². The Morgan fingerprint density at radius 1 is 1.08 bits per heavy atom. The molecule has 26 heavy (non-hydrogen) atoms. The van der Waals surface area contributed by atoms with Crippen LogP contribution in [0.4, 0.5) is 5.69 Å². The number of carbonyl (C=O) groups is 1. The lowest BCUT2D eigenvalue weighted by Gasteiger charge is -2.21. The van der Waals surface area contributed by atoms with Crippen molar-refractivity contribution >= 4 is 11.6 Å². The van der Waals surface area contributed by atoms with E-state index in [9.17, 15) is 4.79 Å². The van der Waals surface area contributed by atoms with Crippen LogP contribution in [0.3, 0.4) is 0 Å². The second-order valence-electron chi connectivity index (χ2n) is 6.50. The first-order chi connectivity index (χ1) is 12.6. The summed E-state index contributed by atoms with van der Waals surface area (Å²) in [6, 6.07) is 17.5. The lowest BCUT2D eigenvalue weighted by Crippen LogP contribution is -2.45. The quantitative estimate of drug-likeness (QED) is 0.679. The standard InChI is InChI=1S/C21H23N3O2/c1-15(2)23-19(12-16-6-4-3-5-7-16)21(25)24-18-10-8-17(9-11-18)20-13-22-14-26-20/h3-11,13-15,19,23H,12H2,1-2H3,(H,24,25)/t19-/m0/s1. The lowest BCUT2D eigenvalue weighted by atomic mass is 10.0. The van der Waals surface area contributed by atoms with E-state index in [4.69, 9.17) is 4.42 Å². The van der Waals surface area contributed by atoms with Gasteiger partial charge in [0.05, 0.1) is 12.2 Å². The minimum Gasteiger partial charge on any atom is -0.444 e. The van der Waals surface area contributed by atoms with Gasteiger partial charge in [-0.15, -0.1) is 0 Å². The van der Waals surface area contributed by atoms with Crippen LogP contribution in [-0.4, -0.2) is 23.0 Å². The Balaban J connectivity index is 1.68. The summed E-state index contributed by atoms with van der Waals surface area (Å²) in [4.78, 5) is 16.7. The second kappa shape index (κ2) is 8.45. The number of carbonyl (C=O) groups excluding carboxylic acids is 1. The van der Waals surface area contributed by atoms with Crippen LogP contribution >= 0.6 is 0 Å². The van der Waals surface area contributed by atoms with E-state index in [-0.39, 0.29) is 18.0 Å². The molecule has 0 aliphatic heterocycles. The normalized spacial score (nSPS) is 12.1. The van der Waals surface area contributed by atoms with Crippen LogP contribution in [0.2, 0.25) is 0 Å². The first-order valence-electron chi connectivity index (χ1n) is 8.71. The molecule has 1 atom stereocenters. The third kappa shape index (κ3) is 4.80. The third-order valence-corrected chi connectivity index (χ3v) is 4.00. The molecule has 0 unspecified atom stereocenters. The maximum Gasteiger partial charge on any atom is 0.241 e. The zero-order valence-corrected chi connectivity index (χ0v) is 15.0. The molecule has 0 aliphatic carbocycles. The fourth-order valence-electron chi connectivity index (χ4n) is 2.79. The largest absolute Gasteiger partial charge is 0.444 e. The molecule has 0 radical (unpaired) electrons. The highest BCUT2D eigenvalue weighted by atomic mass is 16.3. The predicted octanol–water partition coefficient (Wildman–Crippen LogP) is 3.89. The highest BCUT2D eigenvalue weighted by Crippen LogP contribution is 2.21. The summed E-state index contributed by atoms with van der Waals surface area (Å²) in [5.74, 6) is 0.654. The van der Waals surface area contributed by atoms with Crippen molar-refractivity contribution in [3.63, 3.8) is 0 Å². The summed E-state index contributed by atoms with van der Waals surface area (Å²) in [6.07, 6.45) is 3.70. The van der Waals surface area contributed by atoms with Gasteiger partial charge in [0, 0.05) is 17.3 Å². The van der Waals surface area contributed by atoms with Crippen LogP contribution in [0.5, 0.6) is 0 Å². The fourth-order valence-corrected chi connectivity index (χ4v) is 2.79. The first kappa shape index (κ1) is 17.9. The molecule has 0 bridgehead atoms. The van der Waals surface area contributed by atoms with Crippen molar-refractivity contribution in [3.8, 4) is 11.3 Å². The van der Waals surface area contributed by atoms with E-state index >= 15 is 0 Å². The fraction of sp³-hybridized carbons (Fsp3) is 0.238. The number of aromatic nitrogens is 1. The lowest BCUT2D eigenvalue weighted by molar-refractivity contribution is -0.118. The number of oxazole rings is 1. The molecular formula is C21H23N3O2. The van der Waals surface area contributed by atoms with Crippen LogP contribution in [0.15, 0.2) is 71.6 Å². The van der Waals surface area contributed by atoms with Gasteiger partial charge in [-0.05, 0) is 36.2 Å². The molecule has 3 rings (SSSR count). The van der Waals surface area contributed by atoms with E-state index in [0.29, 0.717) is 12.2 Å². The van der Waals surface area contributed by atoms with E-state index in [0.717, 1.165) is 16.8 Å². The molecule has 0 saturated heterocycles. The van der Waals surface area contributed by atoms with Crippen molar-refractivity contribution in [3.05, 3.63) is 72.8 Å². The van der Waals surface area contributed by atoms with E-state index in [1.807, 2.05) is 68.4 Å². The van der Waals surface area contributed by atoms with Gasteiger partial charge in [0.2, 0.25) is 5.91 Å². The molecule has 1 heterocycles. The average molecular weight is 349 g/mol. The molecule has 5 nitrogen and oxygen atoms in total. The van der Waals surface area contributed by atoms with Gasteiger partial charge in [-0.1, -0.05) is 44.2 Å². The first-order valence-corrected chi connectivity index (χ1v) is 8.71. The molecule has 1 aromatic heterocycles. The number of hydrogen-bond acceptors (Lipinski definition) is 4. The number of nitrogens with zero attached hydrogens (tertiary/aromatic N) is 1. The van der Waals surface area contributed by atoms with Gasteiger partial charge in [-0.25, -0.2) is 4.98 Å². The highest BCUT2D eigenvalue weighted by molar-refractivity contribution is 5.95. The SMILES string of the molecule is CC(C)N[C@@H](Cc1ccccc1)C(=O)Nc1ccc(-c2cnco2)cc1. The van der Waals surface area contributed by atoms with Gasteiger partial charge in [0.15, 0.2) is 12.2 Å². The smallest absolute Gasteiger partial charge is 0.241 e. The Morgan fingerprint density at radius 3 is 2.42 bits per heavy atom. The molecule has 1 amide bonds. The Bertz CT molecular complexity index is 812. The number of amides is 1. The molecule has 0 aliphatic rings. The van der Waals surface area contributed by atoms with Gasteiger partial charge in [0.1, 0.15) is 0 Å². The Labute approximate surface area is 153 Å². The van der Waals surface area contributed by atoms with Crippen molar-refractivity contribution in [2.75, 3.05) is 5.32 Å². The minimum absolute atomic E-state index is 0.0463. The molecular weight excluding hydrogens is 326 g/mol. The summed E-state index contributed by atoms with van der Waals surface area (Å²) < 4.78 is 5.28. The third-order valence-electron chi connectivity index (χ3n) is 4.00. The van der Waals surface area contributed by atoms with Crippen LogP contribution in [0.25, 0.3) is 11.3 Å². The molecule has 0 saturated carbocycles. The summed E-state index contributed by atoms with van der Waals surface area (Å²) >= 11 is 0. The molecule has 134 valence electrons. The summed E-state index contributed by atoms with van der Waals surface area (Å²) in [6.45, 7) is 4.08. The number of benzene rings is 2. The molecule has 5 heteroatoms.